The molecule has 1 aromatic carbocycles. The minimum atomic E-state index is -0.936. The second kappa shape index (κ2) is 5.77. The number of fused-ring (bicyclic) bond motifs is 1. The maximum Gasteiger partial charge on any atom is 0.338 e. The number of aromatic hydroxyl groups is 1. The van der Waals surface area contributed by atoms with Crippen molar-refractivity contribution in [2.75, 3.05) is 14.1 Å². The van der Waals surface area contributed by atoms with Crippen LogP contribution in [-0.4, -0.2) is 39.7 Å². The van der Waals surface area contributed by atoms with Gasteiger partial charge in [-0.05, 0) is 32.6 Å². The van der Waals surface area contributed by atoms with Gasteiger partial charge in [-0.2, -0.15) is 0 Å². The fraction of sp³-hybridized carbons (Fsp3) is 0.438. The first-order valence-electron chi connectivity index (χ1n) is 7.08. The lowest BCUT2D eigenvalue weighted by molar-refractivity contribution is 0.0697. The largest absolute Gasteiger partial charge is 0.508 e. The summed E-state index contributed by atoms with van der Waals surface area (Å²) in [4.78, 5) is 13.7. The molecule has 0 aliphatic rings. The van der Waals surface area contributed by atoms with E-state index in [4.69, 9.17) is 0 Å². The van der Waals surface area contributed by atoms with Crippen LogP contribution in [0.15, 0.2) is 12.1 Å². The van der Waals surface area contributed by atoms with Crippen molar-refractivity contribution in [2.24, 2.45) is 7.05 Å². The van der Waals surface area contributed by atoms with Crippen LogP contribution in [0.4, 0.5) is 0 Å². The van der Waals surface area contributed by atoms with E-state index in [-0.39, 0.29) is 5.75 Å². The molecule has 2 N–H and O–H groups in total. The summed E-state index contributed by atoms with van der Waals surface area (Å²) in [6, 6.07) is 3.43. The standard InChI is InChI=1S/C16H22N2O3/c1-5-6-11-15(16(20)21)14-10(9-17(2)3)13(19)8-7-12(14)18(11)4/h7-8,19H,5-6,9H2,1-4H3,(H,20,21). The van der Waals surface area contributed by atoms with Crippen LogP contribution in [0.5, 0.6) is 5.75 Å². The van der Waals surface area contributed by atoms with E-state index >= 15 is 0 Å². The highest BCUT2D eigenvalue weighted by Crippen LogP contribution is 2.34. The summed E-state index contributed by atoms with van der Waals surface area (Å²) in [5.41, 5.74) is 2.66. The van der Waals surface area contributed by atoms with Crippen LogP contribution in [0.2, 0.25) is 0 Å². The molecule has 2 aromatic rings. The molecule has 0 bridgehead atoms. The van der Waals surface area contributed by atoms with Crippen molar-refractivity contribution < 1.29 is 15.0 Å². The summed E-state index contributed by atoms with van der Waals surface area (Å²) in [5.74, 6) is -0.790. The molecule has 0 atom stereocenters. The van der Waals surface area contributed by atoms with Gasteiger partial charge in [0.25, 0.3) is 0 Å². The summed E-state index contributed by atoms with van der Waals surface area (Å²) in [6.07, 6.45) is 1.58. The lowest BCUT2D eigenvalue weighted by Gasteiger charge is -2.13. The third kappa shape index (κ3) is 2.61. The summed E-state index contributed by atoms with van der Waals surface area (Å²) >= 11 is 0. The summed E-state index contributed by atoms with van der Waals surface area (Å²) in [6.45, 7) is 2.53. The minimum Gasteiger partial charge on any atom is -0.508 e. The molecule has 0 aliphatic heterocycles. The van der Waals surface area contributed by atoms with E-state index in [9.17, 15) is 15.0 Å². The molecule has 5 heteroatoms. The second-order valence-electron chi connectivity index (χ2n) is 5.63. The van der Waals surface area contributed by atoms with Gasteiger partial charge in [0, 0.05) is 35.8 Å². The average Bonchev–Trinajstić information content (AvgIpc) is 2.67. The fourth-order valence-corrected chi connectivity index (χ4v) is 2.88. The first-order valence-corrected chi connectivity index (χ1v) is 7.08. The molecule has 0 saturated heterocycles. The molecule has 5 nitrogen and oxygen atoms in total. The monoisotopic (exact) mass is 290 g/mol. The number of phenols is 1. The second-order valence-corrected chi connectivity index (χ2v) is 5.63. The fourth-order valence-electron chi connectivity index (χ4n) is 2.88. The van der Waals surface area contributed by atoms with Crippen LogP contribution in [0.25, 0.3) is 10.9 Å². The van der Waals surface area contributed by atoms with Crippen LogP contribution in [0, 0.1) is 0 Å². The van der Waals surface area contributed by atoms with Crippen molar-refractivity contribution in [1.29, 1.82) is 0 Å². The number of carboxylic acids is 1. The van der Waals surface area contributed by atoms with Crippen LogP contribution < -0.4 is 0 Å². The predicted octanol–water partition coefficient (Wildman–Crippen LogP) is 2.60. The number of rotatable bonds is 5. The zero-order valence-corrected chi connectivity index (χ0v) is 13.0. The SMILES string of the molecule is CCCc1c(C(=O)O)c2c(CN(C)C)c(O)ccc2n1C. The van der Waals surface area contributed by atoms with Crippen molar-refractivity contribution in [3.05, 3.63) is 29.0 Å². The molecule has 0 radical (unpaired) electrons. The number of carbonyl (C=O) groups is 1. The highest BCUT2D eigenvalue weighted by Gasteiger charge is 2.24. The third-order valence-corrected chi connectivity index (χ3v) is 3.75. The summed E-state index contributed by atoms with van der Waals surface area (Å²) < 4.78 is 1.93. The Morgan fingerprint density at radius 2 is 2.00 bits per heavy atom. The molecule has 21 heavy (non-hydrogen) atoms. The van der Waals surface area contributed by atoms with Crippen molar-refractivity contribution in [3.8, 4) is 5.75 Å². The third-order valence-electron chi connectivity index (χ3n) is 3.75. The Balaban J connectivity index is 2.87. The molecule has 2 rings (SSSR count). The molecule has 0 fully saturated rings. The van der Waals surface area contributed by atoms with Gasteiger partial charge < -0.3 is 19.7 Å². The molecule has 0 spiro atoms. The zero-order chi connectivity index (χ0) is 15.7. The lowest BCUT2D eigenvalue weighted by atomic mass is 10.0. The number of benzene rings is 1. The summed E-state index contributed by atoms with van der Waals surface area (Å²) in [7, 11) is 5.68. The Morgan fingerprint density at radius 3 is 2.52 bits per heavy atom. The van der Waals surface area contributed by atoms with E-state index in [0.29, 0.717) is 29.5 Å². The topological polar surface area (TPSA) is 65.7 Å². The van der Waals surface area contributed by atoms with E-state index in [1.165, 1.54) is 0 Å². The maximum atomic E-state index is 11.8. The van der Waals surface area contributed by atoms with Crippen molar-refractivity contribution in [2.45, 2.75) is 26.3 Å². The van der Waals surface area contributed by atoms with Crippen molar-refractivity contribution in [3.63, 3.8) is 0 Å². The molecule has 0 aliphatic carbocycles. The van der Waals surface area contributed by atoms with Crippen LogP contribution in [0.1, 0.15) is 35.0 Å². The average molecular weight is 290 g/mol. The quantitative estimate of drug-likeness (QED) is 0.888. The van der Waals surface area contributed by atoms with E-state index in [0.717, 1.165) is 17.6 Å². The van der Waals surface area contributed by atoms with E-state index in [1.807, 2.05) is 37.5 Å². The molecule has 0 unspecified atom stereocenters. The Hall–Kier alpha value is -2.01. The number of aromatic nitrogens is 1. The number of aromatic carboxylic acids is 1. The van der Waals surface area contributed by atoms with Gasteiger partial charge in [-0.15, -0.1) is 0 Å². The van der Waals surface area contributed by atoms with Gasteiger partial charge in [0.2, 0.25) is 0 Å². The van der Waals surface area contributed by atoms with Gasteiger partial charge in [0.1, 0.15) is 5.75 Å². The van der Waals surface area contributed by atoms with Crippen LogP contribution >= 0.6 is 0 Å². The molecule has 0 amide bonds. The van der Waals surface area contributed by atoms with Gasteiger partial charge in [-0.3, -0.25) is 0 Å². The Kier molecular flexibility index (Phi) is 4.23. The number of hydrogen-bond acceptors (Lipinski definition) is 3. The number of hydrogen-bond donors (Lipinski definition) is 2. The first kappa shape index (κ1) is 15.4. The van der Waals surface area contributed by atoms with Gasteiger partial charge in [-0.25, -0.2) is 4.79 Å². The van der Waals surface area contributed by atoms with Crippen molar-refractivity contribution in [1.82, 2.24) is 9.47 Å². The van der Waals surface area contributed by atoms with Gasteiger partial charge in [-0.1, -0.05) is 13.3 Å². The van der Waals surface area contributed by atoms with Crippen LogP contribution in [-0.2, 0) is 20.0 Å². The van der Waals surface area contributed by atoms with Gasteiger partial charge >= 0.3 is 5.97 Å². The molecule has 114 valence electrons. The number of carboxylic acid groups (broad SMARTS) is 1. The van der Waals surface area contributed by atoms with E-state index in [1.54, 1.807) is 12.1 Å². The number of aryl methyl sites for hydroxylation is 1. The van der Waals surface area contributed by atoms with E-state index in [2.05, 4.69) is 0 Å². The van der Waals surface area contributed by atoms with Crippen molar-refractivity contribution >= 4 is 16.9 Å². The number of nitrogens with zero attached hydrogens (tertiary/aromatic N) is 2. The minimum absolute atomic E-state index is 0.146. The summed E-state index contributed by atoms with van der Waals surface area (Å²) in [5, 5.41) is 20.5. The molecule has 1 heterocycles. The lowest BCUT2D eigenvalue weighted by Crippen LogP contribution is -2.12. The van der Waals surface area contributed by atoms with Gasteiger partial charge in [0.15, 0.2) is 0 Å². The molecular weight excluding hydrogens is 268 g/mol. The van der Waals surface area contributed by atoms with E-state index < -0.39 is 5.97 Å². The Morgan fingerprint density at radius 1 is 1.33 bits per heavy atom. The van der Waals surface area contributed by atoms with Crippen LogP contribution in [0.3, 0.4) is 0 Å². The Labute approximate surface area is 124 Å². The zero-order valence-electron chi connectivity index (χ0n) is 13.0. The molecule has 1 aromatic heterocycles. The highest BCUT2D eigenvalue weighted by molar-refractivity contribution is 6.07. The normalized spacial score (nSPS) is 11.5. The molecular formula is C16H22N2O3. The number of phenolic OH excluding ortho intramolecular Hbond substituents is 1. The maximum absolute atomic E-state index is 11.8. The predicted molar refractivity (Wildman–Crippen MR) is 82.9 cm³/mol. The smallest absolute Gasteiger partial charge is 0.338 e. The first-order chi connectivity index (χ1) is 9.88. The Bertz CT molecular complexity index is 687. The van der Waals surface area contributed by atoms with Gasteiger partial charge in [0.05, 0.1) is 5.56 Å². The molecule has 0 saturated carbocycles. The highest BCUT2D eigenvalue weighted by atomic mass is 16.4.